The van der Waals surface area contributed by atoms with Crippen LogP contribution < -0.4 is 10.6 Å². The zero-order valence-electron chi connectivity index (χ0n) is 17.5. The van der Waals surface area contributed by atoms with Gasteiger partial charge in [0.25, 0.3) is 5.91 Å². The molecule has 160 valence electrons. The molecule has 5 heteroatoms. The van der Waals surface area contributed by atoms with Gasteiger partial charge in [0.1, 0.15) is 6.04 Å². The molecule has 2 amide bonds. The SMILES string of the molecule is O=C(N[C@H](Cc1ccccc1)C(=O)NCCCOC1CCCCC1)c1ccccc1. The molecule has 2 aromatic rings. The number of hydrogen-bond acceptors (Lipinski definition) is 3. The molecule has 0 heterocycles. The third-order valence-electron chi connectivity index (χ3n) is 5.47. The van der Waals surface area contributed by atoms with Crippen LogP contribution in [-0.2, 0) is 16.0 Å². The number of ether oxygens (including phenoxy) is 1. The molecule has 0 aromatic heterocycles. The van der Waals surface area contributed by atoms with Gasteiger partial charge >= 0.3 is 0 Å². The number of nitrogens with one attached hydrogen (secondary N) is 2. The Morgan fingerprint density at radius 3 is 2.30 bits per heavy atom. The van der Waals surface area contributed by atoms with Crippen LogP contribution in [0, 0.1) is 0 Å². The van der Waals surface area contributed by atoms with E-state index in [1.165, 1.54) is 19.3 Å². The van der Waals surface area contributed by atoms with Gasteiger partial charge in [-0.3, -0.25) is 9.59 Å². The molecule has 0 spiro atoms. The first-order valence-corrected chi connectivity index (χ1v) is 11.0. The summed E-state index contributed by atoms with van der Waals surface area (Å²) >= 11 is 0. The number of benzene rings is 2. The van der Waals surface area contributed by atoms with Gasteiger partial charge in [0.15, 0.2) is 0 Å². The van der Waals surface area contributed by atoms with Crippen LogP contribution in [0.1, 0.15) is 54.4 Å². The first-order chi connectivity index (χ1) is 14.7. The molecule has 2 aromatic carbocycles. The second-order valence-corrected chi connectivity index (χ2v) is 7.86. The first kappa shape index (κ1) is 22.0. The van der Waals surface area contributed by atoms with Crippen LogP contribution >= 0.6 is 0 Å². The van der Waals surface area contributed by atoms with Crippen LogP contribution in [0.5, 0.6) is 0 Å². The van der Waals surface area contributed by atoms with Crippen molar-refractivity contribution in [3.05, 3.63) is 71.8 Å². The Labute approximate surface area is 179 Å². The molecule has 1 saturated carbocycles. The summed E-state index contributed by atoms with van der Waals surface area (Å²) in [6, 6.07) is 18.1. The van der Waals surface area contributed by atoms with Crippen molar-refractivity contribution in [2.45, 2.75) is 57.1 Å². The van der Waals surface area contributed by atoms with Gasteiger partial charge in [-0.15, -0.1) is 0 Å². The van der Waals surface area contributed by atoms with E-state index in [4.69, 9.17) is 4.74 Å². The van der Waals surface area contributed by atoms with Gasteiger partial charge in [0, 0.05) is 25.1 Å². The van der Waals surface area contributed by atoms with Crippen molar-refractivity contribution < 1.29 is 14.3 Å². The standard InChI is InChI=1S/C25H32N2O3/c28-24(21-13-6-2-7-14-21)27-23(19-20-11-4-1-5-12-20)25(29)26-17-10-18-30-22-15-8-3-9-16-22/h1-2,4-7,11-14,22-23H,3,8-10,15-19H2,(H,26,29)(H,27,28)/t23-/m1/s1. The summed E-state index contributed by atoms with van der Waals surface area (Å²) in [5.41, 5.74) is 1.55. The van der Waals surface area contributed by atoms with E-state index in [2.05, 4.69) is 10.6 Å². The highest BCUT2D eigenvalue weighted by atomic mass is 16.5. The molecule has 1 aliphatic rings. The molecule has 30 heavy (non-hydrogen) atoms. The summed E-state index contributed by atoms with van der Waals surface area (Å²) < 4.78 is 5.92. The quantitative estimate of drug-likeness (QED) is 0.586. The number of carbonyl (C=O) groups excluding carboxylic acids is 2. The number of amides is 2. The van der Waals surface area contributed by atoms with E-state index in [0.29, 0.717) is 31.2 Å². The molecule has 0 radical (unpaired) electrons. The Kier molecular flexibility index (Phi) is 8.91. The largest absolute Gasteiger partial charge is 0.378 e. The van der Waals surface area contributed by atoms with Crippen molar-refractivity contribution in [3.63, 3.8) is 0 Å². The number of rotatable bonds is 10. The highest BCUT2D eigenvalue weighted by Crippen LogP contribution is 2.20. The third-order valence-corrected chi connectivity index (χ3v) is 5.47. The molecule has 0 unspecified atom stereocenters. The fourth-order valence-electron chi connectivity index (χ4n) is 3.78. The van der Waals surface area contributed by atoms with E-state index < -0.39 is 6.04 Å². The number of hydrogen-bond donors (Lipinski definition) is 2. The van der Waals surface area contributed by atoms with Crippen LogP contribution in [0.2, 0.25) is 0 Å². The van der Waals surface area contributed by atoms with Crippen LogP contribution in [-0.4, -0.2) is 37.1 Å². The van der Waals surface area contributed by atoms with Crippen molar-refractivity contribution in [1.82, 2.24) is 10.6 Å². The minimum Gasteiger partial charge on any atom is -0.378 e. The monoisotopic (exact) mass is 408 g/mol. The molecule has 3 rings (SSSR count). The maximum Gasteiger partial charge on any atom is 0.251 e. The molecule has 0 saturated heterocycles. The normalized spacial score (nSPS) is 15.3. The van der Waals surface area contributed by atoms with E-state index in [-0.39, 0.29) is 11.8 Å². The van der Waals surface area contributed by atoms with E-state index in [1.54, 1.807) is 12.1 Å². The average Bonchev–Trinajstić information content (AvgIpc) is 2.80. The minimum atomic E-state index is -0.626. The third kappa shape index (κ3) is 7.30. The summed E-state index contributed by atoms with van der Waals surface area (Å²) in [6.07, 6.45) is 7.72. The average molecular weight is 409 g/mol. The Morgan fingerprint density at radius 2 is 1.60 bits per heavy atom. The summed E-state index contributed by atoms with van der Waals surface area (Å²) in [6.45, 7) is 1.20. The van der Waals surface area contributed by atoms with Crippen molar-refractivity contribution in [2.24, 2.45) is 0 Å². The van der Waals surface area contributed by atoms with Gasteiger partial charge in [-0.1, -0.05) is 67.8 Å². The topological polar surface area (TPSA) is 67.4 Å². The smallest absolute Gasteiger partial charge is 0.251 e. The van der Waals surface area contributed by atoms with Crippen molar-refractivity contribution >= 4 is 11.8 Å². The van der Waals surface area contributed by atoms with E-state index >= 15 is 0 Å². The number of carbonyl (C=O) groups is 2. The second kappa shape index (κ2) is 12.1. The van der Waals surface area contributed by atoms with Gasteiger partial charge in [0.2, 0.25) is 5.91 Å². The Hall–Kier alpha value is -2.66. The Bertz CT molecular complexity index is 773. The van der Waals surface area contributed by atoms with Gasteiger partial charge in [-0.25, -0.2) is 0 Å². The zero-order chi connectivity index (χ0) is 21.0. The summed E-state index contributed by atoms with van der Waals surface area (Å²) in [5, 5.41) is 5.86. The predicted octanol–water partition coefficient (Wildman–Crippen LogP) is 3.88. The molecule has 0 bridgehead atoms. The van der Waals surface area contributed by atoms with Gasteiger partial charge in [-0.2, -0.15) is 0 Å². The summed E-state index contributed by atoms with van der Waals surface area (Å²) in [5.74, 6) is -0.409. The maximum absolute atomic E-state index is 12.8. The molecule has 1 fully saturated rings. The second-order valence-electron chi connectivity index (χ2n) is 7.86. The zero-order valence-corrected chi connectivity index (χ0v) is 17.5. The lowest BCUT2D eigenvalue weighted by Crippen LogP contribution is -2.48. The predicted molar refractivity (Wildman–Crippen MR) is 118 cm³/mol. The van der Waals surface area contributed by atoms with E-state index in [9.17, 15) is 9.59 Å². The van der Waals surface area contributed by atoms with Crippen LogP contribution in [0.25, 0.3) is 0 Å². The van der Waals surface area contributed by atoms with Crippen LogP contribution in [0.15, 0.2) is 60.7 Å². The van der Waals surface area contributed by atoms with E-state index in [0.717, 1.165) is 24.8 Å². The first-order valence-electron chi connectivity index (χ1n) is 11.0. The molecular formula is C25H32N2O3. The molecule has 0 aliphatic heterocycles. The summed E-state index contributed by atoms with van der Waals surface area (Å²) in [7, 11) is 0. The molecule has 1 atom stereocenters. The molecule has 2 N–H and O–H groups in total. The van der Waals surface area contributed by atoms with Crippen molar-refractivity contribution in [1.29, 1.82) is 0 Å². The highest BCUT2D eigenvalue weighted by molar-refractivity contribution is 5.97. The van der Waals surface area contributed by atoms with E-state index in [1.807, 2.05) is 48.5 Å². The van der Waals surface area contributed by atoms with Crippen LogP contribution in [0.4, 0.5) is 0 Å². The van der Waals surface area contributed by atoms with Gasteiger partial charge < -0.3 is 15.4 Å². The maximum atomic E-state index is 12.8. The highest BCUT2D eigenvalue weighted by Gasteiger charge is 2.21. The lowest BCUT2D eigenvalue weighted by atomic mass is 9.98. The lowest BCUT2D eigenvalue weighted by molar-refractivity contribution is -0.123. The molecule has 5 nitrogen and oxygen atoms in total. The fourth-order valence-corrected chi connectivity index (χ4v) is 3.78. The molecular weight excluding hydrogens is 376 g/mol. The lowest BCUT2D eigenvalue weighted by Gasteiger charge is -2.22. The Balaban J connectivity index is 1.49. The Morgan fingerprint density at radius 1 is 0.933 bits per heavy atom. The van der Waals surface area contributed by atoms with Crippen molar-refractivity contribution in [3.8, 4) is 0 Å². The van der Waals surface area contributed by atoms with Crippen molar-refractivity contribution in [2.75, 3.05) is 13.2 Å². The van der Waals surface area contributed by atoms with Gasteiger partial charge in [0.05, 0.1) is 6.10 Å². The van der Waals surface area contributed by atoms with Crippen LogP contribution in [0.3, 0.4) is 0 Å². The molecule has 1 aliphatic carbocycles. The summed E-state index contributed by atoms with van der Waals surface area (Å²) in [4.78, 5) is 25.4. The minimum absolute atomic E-state index is 0.166. The fraction of sp³-hybridized carbons (Fsp3) is 0.440. The van der Waals surface area contributed by atoms with Gasteiger partial charge in [-0.05, 0) is 37.0 Å².